The summed E-state index contributed by atoms with van der Waals surface area (Å²) in [7, 11) is 0. The second-order valence-corrected chi connectivity index (χ2v) is 3.11. The van der Waals surface area contributed by atoms with Crippen LogP contribution in [0, 0.1) is 0 Å². The van der Waals surface area contributed by atoms with Gasteiger partial charge in [-0.1, -0.05) is 5.16 Å². The molecule has 1 atom stereocenters. The molecular weight excluding hydrogens is 180 g/mol. The molecule has 0 spiro atoms. The molecule has 0 aromatic carbocycles. The van der Waals surface area contributed by atoms with E-state index in [1.807, 2.05) is 25.1 Å². The summed E-state index contributed by atoms with van der Waals surface area (Å²) >= 11 is 0. The number of rotatable bonds is 4. The number of hydrogen-bond acceptors (Lipinski definition) is 4. The summed E-state index contributed by atoms with van der Waals surface area (Å²) in [6.07, 6.45) is 3.23. The van der Waals surface area contributed by atoms with Crippen LogP contribution < -0.4 is 5.32 Å². The van der Waals surface area contributed by atoms with Gasteiger partial charge in [0.25, 0.3) is 0 Å². The second kappa shape index (κ2) is 4.11. The fourth-order valence-corrected chi connectivity index (χ4v) is 1.22. The van der Waals surface area contributed by atoms with Crippen LogP contribution in [0.25, 0.3) is 0 Å². The van der Waals surface area contributed by atoms with Crippen molar-refractivity contribution in [2.75, 3.05) is 0 Å². The van der Waals surface area contributed by atoms with Gasteiger partial charge in [0, 0.05) is 12.6 Å². The van der Waals surface area contributed by atoms with E-state index in [9.17, 15) is 0 Å². The van der Waals surface area contributed by atoms with Crippen LogP contribution in [0.3, 0.4) is 0 Å². The monoisotopic (exact) mass is 192 g/mol. The van der Waals surface area contributed by atoms with E-state index < -0.39 is 0 Å². The average molecular weight is 192 g/mol. The van der Waals surface area contributed by atoms with Crippen molar-refractivity contribution >= 4 is 0 Å². The van der Waals surface area contributed by atoms with Gasteiger partial charge in [-0.25, -0.2) is 0 Å². The summed E-state index contributed by atoms with van der Waals surface area (Å²) < 4.78 is 9.98. The third-order valence-corrected chi connectivity index (χ3v) is 2.05. The van der Waals surface area contributed by atoms with Crippen LogP contribution in [0.4, 0.5) is 0 Å². The van der Waals surface area contributed by atoms with Crippen molar-refractivity contribution in [3.8, 4) is 0 Å². The zero-order valence-corrected chi connectivity index (χ0v) is 7.93. The van der Waals surface area contributed by atoms with E-state index in [1.54, 1.807) is 12.5 Å². The van der Waals surface area contributed by atoms with Crippen LogP contribution in [0.1, 0.15) is 24.4 Å². The number of nitrogens with zero attached hydrogens (tertiary/aromatic N) is 1. The lowest BCUT2D eigenvalue weighted by atomic mass is 10.2. The number of furan rings is 1. The zero-order chi connectivity index (χ0) is 9.80. The van der Waals surface area contributed by atoms with Crippen LogP contribution in [0.2, 0.25) is 0 Å². The van der Waals surface area contributed by atoms with Crippen molar-refractivity contribution < 1.29 is 8.94 Å². The lowest BCUT2D eigenvalue weighted by molar-refractivity contribution is 0.396. The Hall–Kier alpha value is -1.55. The Morgan fingerprint density at radius 1 is 1.43 bits per heavy atom. The highest BCUT2D eigenvalue weighted by Crippen LogP contribution is 2.12. The van der Waals surface area contributed by atoms with E-state index in [0.717, 1.165) is 11.5 Å². The van der Waals surface area contributed by atoms with Crippen molar-refractivity contribution in [3.63, 3.8) is 0 Å². The highest BCUT2D eigenvalue weighted by molar-refractivity contribution is 5.04. The van der Waals surface area contributed by atoms with Gasteiger partial charge in [-0.15, -0.1) is 0 Å². The van der Waals surface area contributed by atoms with E-state index in [1.165, 1.54) is 0 Å². The van der Waals surface area contributed by atoms with Crippen LogP contribution in [-0.2, 0) is 6.54 Å². The number of nitrogens with one attached hydrogen (secondary N) is 1. The molecule has 1 N–H and O–H groups in total. The Balaban J connectivity index is 1.87. The number of aromatic nitrogens is 1. The molecule has 0 saturated carbocycles. The van der Waals surface area contributed by atoms with Gasteiger partial charge < -0.3 is 14.3 Å². The molecule has 2 aromatic rings. The lowest BCUT2D eigenvalue weighted by Crippen LogP contribution is -2.17. The van der Waals surface area contributed by atoms with Gasteiger partial charge in [0.1, 0.15) is 12.0 Å². The number of hydrogen-bond donors (Lipinski definition) is 1. The third kappa shape index (κ3) is 2.03. The topological polar surface area (TPSA) is 51.2 Å². The van der Waals surface area contributed by atoms with Crippen molar-refractivity contribution in [3.05, 3.63) is 42.2 Å². The maximum atomic E-state index is 5.26. The second-order valence-electron chi connectivity index (χ2n) is 3.11. The quantitative estimate of drug-likeness (QED) is 0.806. The molecule has 0 aliphatic carbocycles. The summed E-state index contributed by atoms with van der Waals surface area (Å²) in [5.41, 5.74) is 0.892. The first-order valence-corrected chi connectivity index (χ1v) is 4.52. The van der Waals surface area contributed by atoms with Gasteiger partial charge in [0.2, 0.25) is 0 Å². The fraction of sp³-hybridized carbons (Fsp3) is 0.300. The predicted octanol–water partition coefficient (Wildman–Crippen LogP) is 2.12. The van der Waals surface area contributed by atoms with Crippen molar-refractivity contribution in [1.29, 1.82) is 0 Å². The molecule has 2 rings (SSSR count). The first kappa shape index (κ1) is 9.02. The summed E-state index contributed by atoms with van der Waals surface area (Å²) in [5, 5.41) is 7.07. The van der Waals surface area contributed by atoms with Crippen LogP contribution in [0.5, 0.6) is 0 Å². The molecule has 0 aliphatic rings. The summed E-state index contributed by atoms with van der Waals surface area (Å²) in [4.78, 5) is 0. The highest BCUT2D eigenvalue weighted by Gasteiger charge is 2.07. The van der Waals surface area contributed by atoms with Gasteiger partial charge in [0.15, 0.2) is 0 Å². The van der Waals surface area contributed by atoms with Crippen LogP contribution in [-0.4, -0.2) is 5.16 Å². The largest absolute Gasteiger partial charge is 0.468 e. The lowest BCUT2D eigenvalue weighted by Gasteiger charge is -2.08. The maximum Gasteiger partial charge on any atom is 0.124 e. The normalized spacial score (nSPS) is 12.9. The molecule has 0 saturated heterocycles. The van der Waals surface area contributed by atoms with E-state index in [0.29, 0.717) is 6.54 Å². The molecule has 0 amide bonds. The molecule has 2 aromatic heterocycles. The molecular formula is C10H12N2O2. The van der Waals surface area contributed by atoms with Gasteiger partial charge in [0.05, 0.1) is 18.0 Å². The Morgan fingerprint density at radius 3 is 3.00 bits per heavy atom. The fourth-order valence-electron chi connectivity index (χ4n) is 1.22. The van der Waals surface area contributed by atoms with Crippen molar-refractivity contribution in [2.45, 2.75) is 19.5 Å². The first-order chi connectivity index (χ1) is 6.86. The smallest absolute Gasteiger partial charge is 0.124 e. The first-order valence-electron chi connectivity index (χ1n) is 4.52. The minimum absolute atomic E-state index is 0.182. The van der Waals surface area contributed by atoms with Gasteiger partial charge in [-0.2, -0.15) is 0 Å². The molecule has 1 unspecified atom stereocenters. The van der Waals surface area contributed by atoms with Crippen molar-refractivity contribution in [2.24, 2.45) is 0 Å². The summed E-state index contributed by atoms with van der Waals surface area (Å²) in [6.45, 7) is 2.72. The average Bonchev–Trinajstić information content (AvgIpc) is 2.87. The standard InChI is InChI=1S/C10H12N2O2/c1-8(10-3-2-5-13-10)11-7-9-4-6-14-12-9/h2-6,8,11H,7H2,1H3. The van der Waals surface area contributed by atoms with E-state index >= 15 is 0 Å². The Morgan fingerprint density at radius 2 is 2.36 bits per heavy atom. The Labute approximate surface area is 81.9 Å². The maximum absolute atomic E-state index is 5.26. The molecule has 0 aliphatic heterocycles. The predicted molar refractivity (Wildman–Crippen MR) is 50.5 cm³/mol. The van der Waals surface area contributed by atoms with Crippen LogP contribution >= 0.6 is 0 Å². The minimum atomic E-state index is 0.182. The molecule has 74 valence electrons. The minimum Gasteiger partial charge on any atom is -0.468 e. The zero-order valence-electron chi connectivity index (χ0n) is 7.93. The Kier molecular flexibility index (Phi) is 2.65. The summed E-state index contributed by atoms with van der Waals surface area (Å²) in [6, 6.07) is 5.84. The SMILES string of the molecule is CC(NCc1ccon1)c1ccco1. The summed E-state index contributed by atoms with van der Waals surface area (Å²) in [5.74, 6) is 0.925. The highest BCUT2D eigenvalue weighted by atomic mass is 16.5. The van der Waals surface area contributed by atoms with Gasteiger partial charge in [-0.3, -0.25) is 0 Å². The third-order valence-electron chi connectivity index (χ3n) is 2.05. The molecule has 0 bridgehead atoms. The van der Waals surface area contributed by atoms with E-state index in [4.69, 9.17) is 8.94 Å². The van der Waals surface area contributed by atoms with Crippen molar-refractivity contribution in [1.82, 2.24) is 10.5 Å². The molecule has 0 radical (unpaired) electrons. The molecule has 4 nitrogen and oxygen atoms in total. The van der Waals surface area contributed by atoms with Crippen LogP contribution in [0.15, 0.2) is 39.7 Å². The van der Waals surface area contributed by atoms with E-state index in [2.05, 4.69) is 10.5 Å². The molecule has 2 heterocycles. The Bertz CT molecular complexity index is 353. The van der Waals surface area contributed by atoms with Gasteiger partial charge in [-0.05, 0) is 19.1 Å². The molecule has 4 heteroatoms. The van der Waals surface area contributed by atoms with Gasteiger partial charge >= 0.3 is 0 Å². The van der Waals surface area contributed by atoms with E-state index in [-0.39, 0.29) is 6.04 Å². The molecule has 14 heavy (non-hydrogen) atoms. The molecule has 0 fully saturated rings.